The van der Waals surface area contributed by atoms with Gasteiger partial charge in [-0.3, -0.25) is 4.79 Å². The summed E-state index contributed by atoms with van der Waals surface area (Å²) in [4.78, 5) is 12.2. The molecule has 0 bridgehead atoms. The molecule has 26 heavy (non-hydrogen) atoms. The fourth-order valence-electron chi connectivity index (χ4n) is 2.16. The van der Waals surface area contributed by atoms with Crippen LogP contribution < -0.4 is 10.6 Å². The maximum Gasteiger partial charge on any atom is 0.276 e. The smallest absolute Gasteiger partial charge is 0.276 e. The van der Waals surface area contributed by atoms with Gasteiger partial charge in [0.25, 0.3) is 5.91 Å². The van der Waals surface area contributed by atoms with Crippen LogP contribution in [0, 0.1) is 18.3 Å². The van der Waals surface area contributed by atoms with E-state index in [1.165, 1.54) is 0 Å². The minimum absolute atomic E-state index is 0.187. The molecule has 3 aromatic rings. The number of nitriles is 1. The Morgan fingerprint density at radius 1 is 1.04 bits per heavy atom. The summed E-state index contributed by atoms with van der Waals surface area (Å²) < 4.78 is 0. The fraction of sp³-hybridized carbons (Fsp3) is 0.0526. The van der Waals surface area contributed by atoms with Crippen LogP contribution in [0.15, 0.2) is 54.6 Å². The molecular weight excluding hydrogens is 350 g/mol. The van der Waals surface area contributed by atoms with Gasteiger partial charge in [-0.1, -0.05) is 17.7 Å². The Hall–Kier alpha value is -3.43. The van der Waals surface area contributed by atoms with E-state index in [1.807, 2.05) is 13.0 Å². The van der Waals surface area contributed by atoms with Crippen molar-refractivity contribution in [2.75, 3.05) is 10.6 Å². The van der Waals surface area contributed by atoms with Gasteiger partial charge in [0.2, 0.25) is 0 Å². The molecule has 0 saturated carbocycles. The van der Waals surface area contributed by atoms with E-state index in [0.717, 1.165) is 11.3 Å². The van der Waals surface area contributed by atoms with Crippen LogP contribution in [0.1, 0.15) is 21.6 Å². The van der Waals surface area contributed by atoms with Crippen LogP contribution in [0.4, 0.5) is 17.2 Å². The molecule has 1 amide bonds. The quantitative estimate of drug-likeness (QED) is 0.720. The van der Waals surface area contributed by atoms with Crippen molar-refractivity contribution in [1.29, 1.82) is 5.26 Å². The normalized spacial score (nSPS) is 10.0. The summed E-state index contributed by atoms with van der Waals surface area (Å²) in [5, 5.41) is 23.1. The maximum atomic E-state index is 12.2. The zero-order valence-corrected chi connectivity index (χ0v) is 14.6. The van der Waals surface area contributed by atoms with Crippen LogP contribution in [-0.4, -0.2) is 16.1 Å². The lowest BCUT2D eigenvalue weighted by molar-refractivity contribution is 0.102. The summed E-state index contributed by atoms with van der Waals surface area (Å²) in [5.74, 6) is 0.118. The fourth-order valence-corrected chi connectivity index (χ4v) is 2.34. The van der Waals surface area contributed by atoms with Gasteiger partial charge in [0.15, 0.2) is 11.5 Å². The second kappa shape index (κ2) is 7.64. The molecule has 0 unspecified atom stereocenters. The number of carbonyl (C=O) groups is 1. The molecule has 128 valence electrons. The first kappa shape index (κ1) is 17.4. The summed E-state index contributed by atoms with van der Waals surface area (Å²) in [5.41, 5.74) is 3.05. The topological polar surface area (TPSA) is 90.7 Å². The van der Waals surface area contributed by atoms with Gasteiger partial charge in [-0.05, 0) is 61.0 Å². The zero-order valence-electron chi connectivity index (χ0n) is 13.8. The monoisotopic (exact) mass is 363 g/mol. The first-order valence-corrected chi connectivity index (χ1v) is 8.11. The largest absolute Gasteiger partial charge is 0.339 e. The number of benzene rings is 2. The minimum atomic E-state index is -0.373. The zero-order chi connectivity index (χ0) is 18.5. The van der Waals surface area contributed by atoms with Gasteiger partial charge >= 0.3 is 0 Å². The molecule has 2 N–H and O–H groups in total. The van der Waals surface area contributed by atoms with Gasteiger partial charge in [-0.2, -0.15) is 5.26 Å². The van der Waals surface area contributed by atoms with E-state index in [4.69, 9.17) is 16.9 Å². The third-order valence-corrected chi connectivity index (χ3v) is 4.02. The lowest BCUT2D eigenvalue weighted by atomic mass is 10.2. The summed E-state index contributed by atoms with van der Waals surface area (Å²) in [6, 6.07) is 17.5. The number of aryl methyl sites for hydroxylation is 1. The molecule has 0 aliphatic carbocycles. The number of anilines is 3. The first-order chi connectivity index (χ1) is 12.5. The van der Waals surface area contributed by atoms with Crippen molar-refractivity contribution in [2.45, 2.75) is 6.92 Å². The van der Waals surface area contributed by atoms with Crippen molar-refractivity contribution < 1.29 is 4.79 Å². The number of halogens is 1. The Morgan fingerprint density at radius 3 is 2.38 bits per heavy atom. The average molecular weight is 364 g/mol. The summed E-state index contributed by atoms with van der Waals surface area (Å²) in [7, 11) is 0. The van der Waals surface area contributed by atoms with Crippen LogP contribution in [0.25, 0.3) is 0 Å². The third-order valence-electron chi connectivity index (χ3n) is 3.61. The molecule has 0 spiro atoms. The molecule has 0 saturated heterocycles. The molecule has 6 nitrogen and oxygen atoms in total. The van der Waals surface area contributed by atoms with Crippen molar-refractivity contribution >= 4 is 34.7 Å². The van der Waals surface area contributed by atoms with Gasteiger partial charge in [0.05, 0.1) is 11.6 Å². The number of hydrogen-bond donors (Lipinski definition) is 2. The van der Waals surface area contributed by atoms with Crippen molar-refractivity contribution in [3.05, 3.63) is 76.4 Å². The third kappa shape index (κ3) is 4.15. The molecule has 0 atom stereocenters. The van der Waals surface area contributed by atoms with Crippen molar-refractivity contribution in [1.82, 2.24) is 10.2 Å². The van der Waals surface area contributed by atoms with E-state index in [-0.39, 0.29) is 11.6 Å². The molecule has 1 heterocycles. The molecule has 3 rings (SSSR count). The second-order valence-electron chi connectivity index (χ2n) is 5.54. The Kier molecular flexibility index (Phi) is 5.11. The first-order valence-electron chi connectivity index (χ1n) is 7.73. The van der Waals surface area contributed by atoms with Crippen LogP contribution in [0.2, 0.25) is 5.02 Å². The van der Waals surface area contributed by atoms with Crippen molar-refractivity contribution in [3.63, 3.8) is 0 Å². The van der Waals surface area contributed by atoms with E-state index in [2.05, 4.69) is 26.9 Å². The van der Waals surface area contributed by atoms with Gasteiger partial charge in [-0.25, -0.2) is 0 Å². The van der Waals surface area contributed by atoms with E-state index >= 15 is 0 Å². The van der Waals surface area contributed by atoms with E-state index < -0.39 is 0 Å². The highest BCUT2D eigenvalue weighted by molar-refractivity contribution is 6.31. The number of nitrogens with one attached hydrogen (secondary N) is 2. The molecule has 7 heteroatoms. The second-order valence-corrected chi connectivity index (χ2v) is 5.94. The van der Waals surface area contributed by atoms with Crippen LogP contribution >= 0.6 is 11.6 Å². The van der Waals surface area contributed by atoms with Crippen molar-refractivity contribution in [2.24, 2.45) is 0 Å². The number of hydrogen-bond acceptors (Lipinski definition) is 5. The predicted octanol–water partition coefficient (Wildman–Crippen LogP) is 4.31. The molecule has 2 aromatic carbocycles. The molecule has 0 aliphatic rings. The van der Waals surface area contributed by atoms with Crippen molar-refractivity contribution in [3.8, 4) is 6.07 Å². The van der Waals surface area contributed by atoms with E-state index in [9.17, 15) is 4.79 Å². The highest BCUT2D eigenvalue weighted by Gasteiger charge is 2.09. The molecule has 0 fully saturated rings. The summed E-state index contributed by atoms with van der Waals surface area (Å²) in [6.07, 6.45) is 0. The van der Waals surface area contributed by atoms with E-state index in [0.29, 0.717) is 22.1 Å². The number of nitrogens with zero attached hydrogens (tertiary/aromatic N) is 3. The minimum Gasteiger partial charge on any atom is -0.339 e. The summed E-state index contributed by atoms with van der Waals surface area (Å²) in [6.45, 7) is 1.89. The molecule has 0 aliphatic heterocycles. The summed E-state index contributed by atoms with van der Waals surface area (Å²) >= 11 is 6.05. The predicted molar refractivity (Wildman–Crippen MR) is 101 cm³/mol. The maximum absolute atomic E-state index is 12.2. The lowest BCUT2D eigenvalue weighted by Gasteiger charge is -2.07. The Morgan fingerprint density at radius 2 is 1.77 bits per heavy atom. The Bertz CT molecular complexity index is 978. The Balaban J connectivity index is 1.67. The molecular formula is C19H14ClN5O. The Labute approximate surface area is 155 Å². The van der Waals surface area contributed by atoms with Gasteiger partial charge in [-0.15, -0.1) is 10.2 Å². The van der Waals surface area contributed by atoms with Gasteiger partial charge in [0, 0.05) is 16.4 Å². The number of carbonyl (C=O) groups excluding carboxylic acids is 1. The van der Waals surface area contributed by atoms with Crippen LogP contribution in [0.3, 0.4) is 0 Å². The van der Waals surface area contributed by atoms with Gasteiger partial charge in [0.1, 0.15) is 0 Å². The van der Waals surface area contributed by atoms with Crippen LogP contribution in [-0.2, 0) is 0 Å². The van der Waals surface area contributed by atoms with Gasteiger partial charge < -0.3 is 10.6 Å². The SMILES string of the molecule is Cc1ccc(NC(=O)c2ccc(Nc3ccc(C#N)cc3)nn2)cc1Cl. The van der Waals surface area contributed by atoms with E-state index in [1.54, 1.807) is 48.5 Å². The standard InChI is InChI=1S/C19H14ClN5O/c1-12-2-5-15(10-16(12)20)23-19(26)17-8-9-18(25-24-17)22-14-6-3-13(11-21)4-7-14/h2-10H,1H3,(H,22,25)(H,23,26). The highest BCUT2D eigenvalue weighted by atomic mass is 35.5. The number of amides is 1. The highest BCUT2D eigenvalue weighted by Crippen LogP contribution is 2.20. The number of aromatic nitrogens is 2. The number of rotatable bonds is 4. The molecule has 1 aromatic heterocycles. The van der Waals surface area contributed by atoms with Crippen LogP contribution in [0.5, 0.6) is 0 Å². The average Bonchev–Trinajstić information content (AvgIpc) is 2.66. The molecule has 0 radical (unpaired) electrons. The lowest BCUT2D eigenvalue weighted by Crippen LogP contribution is -2.14.